The minimum absolute atomic E-state index is 0.234. The van der Waals surface area contributed by atoms with Crippen molar-refractivity contribution < 1.29 is 19.1 Å². The Kier molecular flexibility index (Phi) is 10.9. The molecule has 0 saturated carbocycles. The largest absolute Gasteiger partial charge is 0.466 e. The minimum atomic E-state index is -0.234. The van der Waals surface area contributed by atoms with Crippen LogP contribution in [0.4, 0.5) is 0 Å². The van der Waals surface area contributed by atoms with Gasteiger partial charge in [0.25, 0.3) is 0 Å². The van der Waals surface area contributed by atoms with Crippen LogP contribution < -0.4 is 0 Å². The maximum absolute atomic E-state index is 10.9. The second-order valence-corrected chi connectivity index (χ2v) is 3.99. The number of ether oxygens (including phenoxy) is 2. The van der Waals surface area contributed by atoms with E-state index in [1.165, 1.54) is 0 Å². The van der Waals surface area contributed by atoms with Crippen LogP contribution in [-0.2, 0) is 19.1 Å². The molecule has 0 amide bonds. The third-order valence-corrected chi connectivity index (χ3v) is 2.14. The second-order valence-electron chi connectivity index (χ2n) is 3.10. The van der Waals surface area contributed by atoms with E-state index in [1.54, 1.807) is 0 Å². The van der Waals surface area contributed by atoms with Crippen LogP contribution >= 0.6 is 25.3 Å². The molecule has 0 aromatic carbocycles. The SMILES string of the molecule is O=C(CCS)OCCCCOC(=O)CCS. The van der Waals surface area contributed by atoms with Crippen LogP contribution in [0.2, 0.25) is 0 Å². The Balaban J connectivity index is 3.21. The molecule has 94 valence electrons. The van der Waals surface area contributed by atoms with Crippen LogP contribution in [0.5, 0.6) is 0 Å². The van der Waals surface area contributed by atoms with Gasteiger partial charge in [-0.3, -0.25) is 9.59 Å². The summed E-state index contributed by atoms with van der Waals surface area (Å²) in [5, 5.41) is 0. The van der Waals surface area contributed by atoms with Crippen molar-refractivity contribution in [3.8, 4) is 0 Å². The molecule has 6 heteroatoms. The first-order valence-electron chi connectivity index (χ1n) is 5.23. The van der Waals surface area contributed by atoms with Crippen molar-refractivity contribution in [2.75, 3.05) is 24.7 Å². The zero-order valence-electron chi connectivity index (χ0n) is 9.18. The van der Waals surface area contributed by atoms with Gasteiger partial charge >= 0.3 is 11.9 Å². The highest BCUT2D eigenvalue weighted by Gasteiger charge is 2.02. The fourth-order valence-corrected chi connectivity index (χ4v) is 1.27. The van der Waals surface area contributed by atoms with Gasteiger partial charge < -0.3 is 9.47 Å². The quantitative estimate of drug-likeness (QED) is 0.377. The second kappa shape index (κ2) is 11.1. The topological polar surface area (TPSA) is 52.6 Å². The van der Waals surface area contributed by atoms with Gasteiger partial charge in [-0.1, -0.05) is 0 Å². The van der Waals surface area contributed by atoms with Crippen LogP contribution in [0, 0.1) is 0 Å². The molecule has 16 heavy (non-hydrogen) atoms. The lowest BCUT2D eigenvalue weighted by Gasteiger charge is -2.05. The molecule has 0 heterocycles. The lowest BCUT2D eigenvalue weighted by Crippen LogP contribution is -2.09. The van der Waals surface area contributed by atoms with Gasteiger partial charge in [-0.2, -0.15) is 25.3 Å². The fourth-order valence-electron chi connectivity index (χ4n) is 0.903. The number of rotatable bonds is 9. The van der Waals surface area contributed by atoms with Gasteiger partial charge in [0.15, 0.2) is 0 Å². The first-order valence-corrected chi connectivity index (χ1v) is 6.50. The van der Waals surface area contributed by atoms with E-state index in [4.69, 9.17) is 9.47 Å². The van der Waals surface area contributed by atoms with Crippen molar-refractivity contribution in [1.29, 1.82) is 0 Å². The summed E-state index contributed by atoms with van der Waals surface area (Å²) in [7, 11) is 0. The molecule has 0 radical (unpaired) electrons. The van der Waals surface area contributed by atoms with Crippen molar-refractivity contribution in [2.45, 2.75) is 25.7 Å². The number of hydrogen-bond acceptors (Lipinski definition) is 6. The van der Waals surface area contributed by atoms with Crippen LogP contribution in [-0.4, -0.2) is 36.7 Å². The zero-order valence-corrected chi connectivity index (χ0v) is 11.0. The van der Waals surface area contributed by atoms with Gasteiger partial charge in [0.1, 0.15) is 0 Å². The van der Waals surface area contributed by atoms with Gasteiger partial charge in [0.2, 0.25) is 0 Å². The minimum Gasteiger partial charge on any atom is -0.466 e. The van der Waals surface area contributed by atoms with Crippen LogP contribution in [0.15, 0.2) is 0 Å². The molecule has 0 N–H and O–H groups in total. The Morgan fingerprint density at radius 1 is 0.812 bits per heavy atom. The van der Waals surface area contributed by atoms with E-state index < -0.39 is 0 Å². The normalized spacial score (nSPS) is 9.88. The Bertz CT molecular complexity index is 187. The summed E-state index contributed by atoms with van der Waals surface area (Å²) in [6.45, 7) is 0.744. The van der Waals surface area contributed by atoms with Crippen LogP contribution in [0.25, 0.3) is 0 Å². The van der Waals surface area contributed by atoms with E-state index in [1.807, 2.05) is 0 Å². The average molecular weight is 266 g/mol. The highest BCUT2D eigenvalue weighted by molar-refractivity contribution is 7.80. The highest BCUT2D eigenvalue weighted by atomic mass is 32.1. The van der Waals surface area contributed by atoms with E-state index in [-0.39, 0.29) is 11.9 Å². The van der Waals surface area contributed by atoms with Crippen LogP contribution in [0.3, 0.4) is 0 Å². The van der Waals surface area contributed by atoms with Crippen molar-refractivity contribution in [3.05, 3.63) is 0 Å². The van der Waals surface area contributed by atoms with Crippen molar-refractivity contribution in [3.63, 3.8) is 0 Å². The molecule has 0 rings (SSSR count). The molecular weight excluding hydrogens is 248 g/mol. The summed E-state index contributed by atoms with van der Waals surface area (Å²) in [6, 6.07) is 0. The molecule has 0 spiro atoms. The van der Waals surface area contributed by atoms with Crippen molar-refractivity contribution in [2.24, 2.45) is 0 Å². The summed E-state index contributed by atoms with van der Waals surface area (Å²) in [4.78, 5) is 21.8. The smallest absolute Gasteiger partial charge is 0.306 e. The predicted octanol–water partition coefficient (Wildman–Crippen LogP) is 1.49. The first kappa shape index (κ1) is 15.6. The molecule has 0 aliphatic rings. The fraction of sp³-hybridized carbons (Fsp3) is 0.800. The Labute approximate surface area is 107 Å². The number of thiol groups is 2. The summed E-state index contributed by atoms with van der Waals surface area (Å²) in [5.74, 6) is 0.532. The molecule has 4 nitrogen and oxygen atoms in total. The maximum Gasteiger partial charge on any atom is 0.306 e. The standard InChI is InChI=1S/C10H18O4S2/c11-9(3-7-15)13-5-1-2-6-14-10(12)4-8-16/h15-16H,1-8H2. The molecule has 0 aliphatic carbocycles. The van der Waals surface area contributed by atoms with Crippen LogP contribution in [0.1, 0.15) is 25.7 Å². The lowest BCUT2D eigenvalue weighted by atomic mass is 10.3. The van der Waals surface area contributed by atoms with E-state index in [2.05, 4.69) is 25.3 Å². The van der Waals surface area contributed by atoms with Gasteiger partial charge in [-0.05, 0) is 12.8 Å². The van der Waals surface area contributed by atoms with Gasteiger partial charge in [0, 0.05) is 11.5 Å². The van der Waals surface area contributed by atoms with Crippen molar-refractivity contribution in [1.82, 2.24) is 0 Å². The molecule has 0 atom stereocenters. The molecule has 0 unspecified atom stereocenters. The first-order chi connectivity index (χ1) is 7.70. The number of unbranched alkanes of at least 4 members (excludes halogenated alkanes) is 1. The number of carbonyl (C=O) groups is 2. The average Bonchev–Trinajstić information content (AvgIpc) is 2.24. The Hall–Kier alpha value is -0.360. The molecule has 0 bridgehead atoms. The molecule has 0 saturated heterocycles. The highest BCUT2D eigenvalue weighted by Crippen LogP contribution is 1.96. The number of carbonyl (C=O) groups excluding carboxylic acids is 2. The zero-order chi connectivity index (χ0) is 12.2. The number of esters is 2. The lowest BCUT2D eigenvalue weighted by molar-refractivity contribution is -0.145. The molecule has 0 fully saturated rings. The Morgan fingerprint density at radius 2 is 1.19 bits per heavy atom. The molecule has 0 aromatic rings. The maximum atomic E-state index is 10.9. The van der Waals surface area contributed by atoms with E-state index in [0.717, 1.165) is 0 Å². The number of hydrogen-bond donors (Lipinski definition) is 2. The Morgan fingerprint density at radius 3 is 1.50 bits per heavy atom. The summed E-state index contributed by atoms with van der Waals surface area (Å²) < 4.78 is 9.79. The molecular formula is C10H18O4S2. The van der Waals surface area contributed by atoms with Gasteiger partial charge in [-0.25, -0.2) is 0 Å². The summed E-state index contributed by atoms with van der Waals surface area (Å²) in [5.41, 5.74) is 0. The van der Waals surface area contributed by atoms with Gasteiger partial charge in [0.05, 0.1) is 26.1 Å². The van der Waals surface area contributed by atoms with E-state index in [9.17, 15) is 9.59 Å². The van der Waals surface area contributed by atoms with Gasteiger partial charge in [-0.15, -0.1) is 0 Å². The predicted molar refractivity (Wildman–Crippen MR) is 68.1 cm³/mol. The molecule has 0 aliphatic heterocycles. The van der Waals surface area contributed by atoms with E-state index in [0.29, 0.717) is 50.4 Å². The monoisotopic (exact) mass is 266 g/mol. The molecule has 0 aromatic heterocycles. The van der Waals surface area contributed by atoms with E-state index >= 15 is 0 Å². The third kappa shape index (κ3) is 10.2. The third-order valence-electron chi connectivity index (χ3n) is 1.70. The van der Waals surface area contributed by atoms with Crippen molar-refractivity contribution >= 4 is 37.2 Å². The summed E-state index contributed by atoms with van der Waals surface area (Å²) >= 11 is 7.83. The summed E-state index contributed by atoms with van der Waals surface area (Å²) in [6.07, 6.45) is 2.07.